The maximum atomic E-state index is 12.5. The number of esters is 1. The second-order valence-electron chi connectivity index (χ2n) is 7.80. The Morgan fingerprint density at radius 2 is 1.96 bits per heavy atom. The predicted octanol–water partition coefficient (Wildman–Crippen LogP) is 1.34. The lowest BCUT2D eigenvalue weighted by Gasteiger charge is -2.22. The van der Waals surface area contributed by atoms with Crippen molar-refractivity contribution in [2.75, 3.05) is 13.2 Å². The van der Waals surface area contributed by atoms with Crippen molar-refractivity contribution in [1.29, 1.82) is 0 Å². The van der Waals surface area contributed by atoms with Gasteiger partial charge in [0.05, 0.1) is 0 Å². The van der Waals surface area contributed by atoms with Gasteiger partial charge >= 0.3 is 12.0 Å². The average Bonchev–Trinajstić information content (AvgIpc) is 3.14. The van der Waals surface area contributed by atoms with Crippen LogP contribution in [0.2, 0.25) is 0 Å². The Morgan fingerprint density at radius 1 is 1.31 bits per heavy atom. The molecular formula is C18H29N3O5. The molecule has 1 saturated heterocycles. The normalized spacial score (nSPS) is 23.5. The summed E-state index contributed by atoms with van der Waals surface area (Å²) in [6, 6.07) is -0.456. The first-order chi connectivity index (χ1) is 12.2. The number of nitrogens with one attached hydrogen (secondary N) is 2. The zero-order chi connectivity index (χ0) is 19.3. The summed E-state index contributed by atoms with van der Waals surface area (Å²) in [4.78, 5) is 49.1. The monoisotopic (exact) mass is 367 g/mol. The summed E-state index contributed by atoms with van der Waals surface area (Å²) in [5.41, 5.74) is -0.999. The molecule has 1 heterocycles. The first-order valence-corrected chi connectivity index (χ1v) is 9.30. The van der Waals surface area contributed by atoms with E-state index in [1.807, 2.05) is 13.8 Å². The van der Waals surface area contributed by atoms with Crippen molar-refractivity contribution in [3.63, 3.8) is 0 Å². The minimum absolute atomic E-state index is 0.147. The van der Waals surface area contributed by atoms with Gasteiger partial charge < -0.3 is 15.4 Å². The van der Waals surface area contributed by atoms with Crippen LogP contribution < -0.4 is 10.6 Å². The molecule has 2 aliphatic rings. The van der Waals surface area contributed by atoms with E-state index < -0.39 is 36.6 Å². The van der Waals surface area contributed by atoms with E-state index in [9.17, 15) is 19.2 Å². The molecule has 0 aromatic rings. The minimum atomic E-state index is -0.999. The SMILES string of the molecule is CC(C)CC[C@@]1(C)NC(=O)N(CC(=O)OCC(=O)NC2CCCC2)C1=O. The van der Waals surface area contributed by atoms with Crippen LogP contribution in [0.4, 0.5) is 4.79 Å². The summed E-state index contributed by atoms with van der Waals surface area (Å²) < 4.78 is 4.91. The summed E-state index contributed by atoms with van der Waals surface area (Å²) in [5, 5.41) is 5.46. The number of ether oxygens (including phenoxy) is 1. The van der Waals surface area contributed by atoms with Crippen molar-refractivity contribution in [1.82, 2.24) is 15.5 Å². The number of rotatable bonds is 8. The van der Waals surface area contributed by atoms with E-state index in [2.05, 4.69) is 10.6 Å². The van der Waals surface area contributed by atoms with E-state index in [1.54, 1.807) is 6.92 Å². The lowest BCUT2D eigenvalue weighted by molar-refractivity contribution is -0.151. The third kappa shape index (κ3) is 5.19. The zero-order valence-corrected chi connectivity index (χ0v) is 15.8. The van der Waals surface area contributed by atoms with Crippen LogP contribution in [0.1, 0.15) is 59.3 Å². The highest BCUT2D eigenvalue weighted by molar-refractivity contribution is 6.08. The van der Waals surface area contributed by atoms with Crippen LogP contribution in [0.15, 0.2) is 0 Å². The van der Waals surface area contributed by atoms with Gasteiger partial charge in [-0.05, 0) is 38.5 Å². The molecule has 146 valence electrons. The van der Waals surface area contributed by atoms with Crippen molar-refractivity contribution < 1.29 is 23.9 Å². The Labute approximate surface area is 154 Å². The molecule has 8 nitrogen and oxygen atoms in total. The fourth-order valence-electron chi connectivity index (χ4n) is 3.30. The van der Waals surface area contributed by atoms with Crippen LogP contribution in [0.25, 0.3) is 0 Å². The molecule has 26 heavy (non-hydrogen) atoms. The quantitative estimate of drug-likeness (QED) is 0.497. The van der Waals surface area contributed by atoms with E-state index >= 15 is 0 Å². The topological polar surface area (TPSA) is 105 Å². The van der Waals surface area contributed by atoms with Crippen LogP contribution in [0.3, 0.4) is 0 Å². The molecule has 8 heteroatoms. The summed E-state index contributed by atoms with van der Waals surface area (Å²) in [7, 11) is 0. The Balaban J connectivity index is 1.79. The van der Waals surface area contributed by atoms with Gasteiger partial charge in [0.15, 0.2) is 6.61 Å². The smallest absolute Gasteiger partial charge is 0.326 e. The standard InChI is InChI=1S/C18H29N3O5/c1-12(2)8-9-18(3)16(24)21(17(25)20-18)10-15(23)26-11-14(22)19-13-6-4-5-7-13/h12-13H,4-11H2,1-3H3,(H,19,22)(H,20,25)/t18-/m1/s1. The zero-order valence-electron chi connectivity index (χ0n) is 15.8. The second kappa shape index (κ2) is 8.51. The van der Waals surface area contributed by atoms with E-state index in [0.29, 0.717) is 12.3 Å². The molecule has 0 unspecified atom stereocenters. The molecule has 0 radical (unpaired) electrons. The van der Waals surface area contributed by atoms with Gasteiger partial charge in [-0.1, -0.05) is 26.7 Å². The third-order valence-corrected chi connectivity index (χ3v) is 4.94. The van der Waals surface area contributed by atoms with Crippen molar-refractivity contribution in [2.45, 2.75) is 70.9 Å². The van der Waals surface area contributed by atoms with Gasteiger partial charge in [-0.15, -0.1) is 0 Å². The molecule has 0 aromatic heterocycles. The molecule has 2 N–H and O–H groups in total. The Kier molecular flexibility index (Phi) is 6.61. The predicted molar refractivity (Wildman–Crippen MR) is 94.1 cm³/mol. The minimum Gasteiger partial charge on any atom is -0.454 e. The highest BCUT2D eigenvalue weighted by Gasteiger charge is 2.48. The van der Waals surface area contributed by atoms with Gasteiger partial charge in [-0.2, -0.15) is 0 Å². The van der Waals surface area contributed by atoms with Crippen LogP contribution in [0.5, 0.6) is 0 Å². The molecule has 1 saturated carbocycles. The molecule has 0 spiro atoms. The third-order valence-electron chi connectivity index (χ3n) is 4.94. The molecule has 2 fully saturated rings. The first-order valence-electron chi connectivity index (χ1n) is 9.30. The van der Waals surface area contributed by atoms with E-state index in [4.69, 9.17) is 4.74 Å². The Morgan fingerprint density at radius 3 is 2.58 bits per heavy atom. The van der Waals surface area contributed by atoms with Crippen LogP contribution in [0, 0.1) is 5.92 Å². The number of imide groups is 1. The molecular weight excluding hydrogens is 338 g/mol. The fourth-order valence-corrected chi connectivity index (χ4v) is 3.30. The molecule has 1 atom stereocenters. The number of hydrogen-bond donors (Lipinski definition) is 2. The maximum Gasteiger partial charge on any atom is 0.326 e. The van der Waals surface area contributed by atoms with Crippen molar-refractivity contribution in [3.8, 4) is 0 Å². The highest BCUT2D eigenvalue weighted by atomic mass is 16.5. The van der Waals surface area contributed by atoms with Gasteiger partial charge in [0.2, 0.25) is 0 Å². The summed E-state index contributed by atoms with van der Waals surface area (Å²) in [5.74, 6) is -1.17. The molecule has 4 amide bonds. The molecule has 1 aliphatic heterocycles. The molecule has 0 bridgehead atoms. The molecule has 0 aromatic carbocycles. The maximum absolute atomic E-state index is 12.5. The van der Waals surface area contributed by atoms with Crippen LogP contribution in [-0.4, -0.2) is 53.4 Å². The van der Waals surface area contributed by atoms with E-state index in [0.717, 1.165) is 37.0 Å². The highest BCUT2D eigenvalue weighted by Crippen LogP contribution is 2.24. The van der Waals surface area contributed by atoms with E-state index in [-0.39, 0.29) is 11.9 Å². The number of hydrogen-bond acceptors (Lipinski definition) is 5. The van der Waals surface area contributed by atoms with Gasteiger partial charge in [0.1, 0.15) is 12.1 Å². The number of nitrogens with zero attached hydrogens (tertiary/aromatic N) is 1. The van der Waals surface area contributed by atoms with Crippen molar-refractivity contribution >= 4 is 23.8 Å². The van der Waals surface area contributed by atoms with Gasteiger partial charge in [0.25, 0.3) is 11.8 Å². The number of urea groups is 1. The van der Waals surface area contributed by atoms with E-state index in [1.165, 1.54) is 0 Å². The second-order valence-corrected chi connectivity index (χ2v) is 7.80. The number of carbonyl (C=O) groups is 4. The average molecular weight is 367 g/mol. The van der Waals surface area contributed by atoms with Crippen molar-refractivity contribution in [3.05, 3.63) is 0 Å². The fraction of sp³-hybridized carbons (Fsp3) is 0.778. The lowest BCUT2D eigenvalue weighted by Crippen LogP contribution is -2.44. The van der Waals surface area contributed by atoms with Crippen LogP contribution >= 0.6 is 0 Å². The summed E-state index contributed by atoms with van der Waals surface area (Å²) in [6.07, 6.45) is 5.35. The Hall–Kier alpha value is -2.12. The number of carbonyl (C=O) groups excluding carboxylic acids is 4. The molecule has 2 rings (SSSR count). The van der Waals surface area contributed by atoms with Crippen LogP contribution in [-0.2, 0) is 19.1 Å². The Bertz CT molecular complexity index is 571. The summed E-state index contributed by atoms with van der Waals surface area (Å²) in [6.45, 7) is 4.85. The molecule has 1 aliphatic carbocycles. The first kappa shape index (κ1) is 20.2. The van der Waals surface area contributed by atoms with Gasteiger partial charge in [0, 0.05) is 6.04 Å². The largest absolute Gasteiger partial charge is 0.454 e. The van der Waals surface area contributed by atoms with Gasteiger partial charge in [-0.3, -0.25) is 19.3 Å². The lowest BCUT2D eigenvalue weighted by atomic mass is 9.92. The van der Waals surface area contributed by atoms with Gasteiger partial charge in [-0.25, -0.2) is 4.79 Å². The number of amides is 4. The summed E-state index contributed by atoms with van der Waals surface area (Å²) >= 11 is 0. The van der Waals surface area contributed by atoms with Crippen molar-refractivity contribution in [2.24, 2.45) is 5.92 Å².